The fourth-order valence-corrected chi connectivity index (χ4v) is 4.97. The number of halogens is 1. The molecular weight excluding hydrogens is 506 g/mol. The summed E-state index contributed by atoms with van der Waals surface area (Å²) in [5.41, 5.74) is 2.61. The van der Waals surface area contributed by atoms with E-state index in [1.807, 2.05) is 60.0 Å². The van der Waals surface area contributed by atoms with E-state index < -0.39 is 11.2 Å². The van der Waals surface area contributed by atoms with Crippen LogP contribution in [0, 0.1) is 6.92 Å². The van der Waals surface area contributed by atoms with Gasteiger partial charge in [-0.25, -0.2) is 4.79 Å². The zero-order chi connectivity index (χ0) is 27.0. The summed E-state index contributed by atoms with van der Waals surface area (Å²) in [5, 5.41) is 3.54. The normalized spacial score (nSPS) is 14.3. The van der Waals surface area contributed by atoms with Crippen LogP contribution in [-0.4, -0.2) is 62.2 Å². The number of imidazole rings is 1. The Hall–Kier alpha value is -3.89. The number of aryl methyl sites for hydroxylation is 2. The lowest BCUT2D eigenvalue weighted by molar-refractivity contribution is -0.117. The fraction of sp³-hybridized carbons (Fsp3) is 0.333. The molecule has 1 fully saturated rings. The molecule has 38 heavy (non-hydrogen) atoms. The minimum Gasteiger partial charge on any atom is -0.340 e. The Morgan fingerprint density at radius 2 is 1.66 bits per heavy atom. The molecule has 5 rings (SSSR count). The molecule has 4 aromatic rings. The number of rotatable bonds is 6. The van der Waals surface area contributed by atoms with Gasteiger partial charge in [0.25, 0.3) is 5.56 Å². The Bertz CT molecular complexity index is 1610. The number of hydrogen-bond donors (Lipinski definition) is 1. The van der Waals surface area contributed by atoms with E-state index in [9.17, 15) is 14.4 Å². The molecular formula is C27H30ClN7O3. The molecule has 3 heterocycles. The molecule has 0 atom stereocenters. The predicted octanol–water partition coefficient (Wildman–Crippen LogP) is 2.20. The molecule has 0 aliphatic carbocycles. The lowest BCUT2D eigenvalue weighted by Gasteiger charge is -2.35. The van der Waals surface area contributed by atoms with Gasteiger partial charge in [-0.1, -0.05) is 47.5 Å². The van der Waals surface area contributed by atoms with Crippen LogP contribution in [0.5, 0.6) is 0 Å². The van der Waals surface area contributed by atoms with Crippen LogP contribution in [0.25, 0.3) is 11.2 Å². The van der Waals surface area contributed by atoms with Crippen molar-refractivity contribution in [2.45, 2.75) is 13.5 Å². The summed E-state index contributed by atoms with van der Waals surface area (Å²) in [6.07, 6.45) is 0. The Morgan fingerprint density at radius 3 is 2.34 bits per heavy atom. The summed E-state index contributed by atoms with van der Waals surface area (Å²) in [7, 11) is 3.09. The third-order valence-corrected chi connectivity index (χ3v) is 7.34. The molecule has 0 bridgehead atoms. The van der Waals surface area contributed by atoms with Crippen LogP contribution in [0.2, 0.25) is 5.02 Å². The number of fused-ring (bicyclic) bond motifs is 1. The van der Waals surface area contributed by atoms with Crippen molar-refractivity contribution in [1.82, 2.24) is 23.6 Å². The molecule has 0 saturated carbocycles. The number of amides is 1. The SMILES string of the molecule is Cc1ccc(NC(=O)CN2CCN(c3nc4c(c(=O)n(C)c(=O)n4C)n3Cc3ccccc3Cl)CC2)cc1. The first-order chi connectivity index (χ1) is 18.2. The monoisotopic (exact) mass is 535 g/mol. The molecule has 11 heteroatoms. The number of piperazine rings is 1. The highest BCUT2D eigenvalue weighted by Gasteiger charge is 2.26. The summed E-state index contributed by atoms with van der Waals surface area (Å²) in [6.45, 7) is 5.13. The predicted molar refractivity (Wildman–Crippen MR) is 149 cm³/mol. The van der Waals surface area contributed by atoms with Gasteiger partial charge in [0.1, 0.15) is 0 Å². The van der Waals surface area contributed by atoms with Gasteiger partial charge in [0, 0.05) is 51.0 Å². The van der Waals surface area contributed by atoms with E-state index >= 15 is 0 Å². The van der Waals surface area contributed by atoms with Crippen molar-refractivity contribution in [3.63, 3.8) is 0 Å². The van der Waals surface area contributed by atoms with E-state index in [-0.39, 0.29) is 12.5 Å². The highest BCUT2D eigenvalue weighted by atomic mass is 35.5. The molecule has 198 valence electrons. The van der Waals surface area contributed by atoms with Crippen LogP contribution < -0.4 is 21.5 Å². The smallest absolute Gasteiger partial charge is 0.332 e. The number of carbonyl (C=O) groups excluding carboxylic acids is 1. The minimum atomic E-state index is -0.430. The maximum Gasteiger partial charge on any atom is 0.332 e. The third kappa shape index (κ3) is 4.97. The van der Waals surface area contributed by atoms with Crippen molar-refractivity contribution >= 4 is 40.3 Å². The van der Waals surface area contributed by atoms with Crippen LogP contribution >= 0.6 is 11.6 Å². The molecule has 0 radical (unpaired) electrons. The maximum absolute atomic E-state index is 13.2. The van der Waals surface area contributed by atoms with E-state index in [1.54, 1.807) is 7.05 Å². The molecule has 2 aromatic carbocycles. The van der Waals surface area contributed by atoms with Gasteiger partial charge in [0.2, 0.25) is 11.9 Å². The summed E-state index contributed by atoms with van der Waals surface area (Å²) in [6, 6.07) is 15.2. The third-order valence-electron chi connectivity index (χ3n) is 6.97. The Labute approximate surface area is 224 Å². The zero-order valence-corrected chi connectivity index (χ0v) is 22.4. The van der Waals surface area contributed by atoms with Gasteiger partial charge in [-0.15, -0.1) is 0 Å². The van der Waals surface area contributed by atoms with Gasteiger partial charge in [-0.3, -0.25) is 28.2 Å². The number of anilines is 2. The Morgan fingerprint density at radius 1 is 0.974 bits per heavy atom. The zero-order valence-electron chi connectivity index (χ0n) is 21.6. The van der Waals surface area contributed by atoms with Gasteiger partial charge < -0.3 is 10.2 Å². The van der Waals surface area contributed by atoms with Gasteiger partial charge >= 0.3 is 5.69 Å². The maximum atomic E-state index is 13.2. The first-order valence-corrected chi connectivity index (χ1v) is 12.8. The van der Waals surface area contributed by atoms with Gasteiger partial charge in [0.15, 0.2) is 11.2 Å². The molecule has 10 nitrogen and oxygen atoms in total. The number of carbonyl (C=O) groups is 1. The second kappa shape index (κ2) is 10.5. The van der Waals surface area contributed by atoms with E-state index in [0.717, 1.165) is 21.4 Å². The van der Waals surface area contributed by atoms with Gasteiger partial charge in [-0.05, 0) is 30.7 Å². The summed E-state index contributed by atoms with van der Waals surface area (Å²) in [5.74, 6) is 0.536. The van der Waals surface area contributed by atoms with Crippen LogP contribution in [-0.2, 0) is 25.4 Å². The van der Waals surface area contributed by atoms with Crippen molar-refractivity contribution < 1.29 is 4.79 Å². The lowest BCUT2D eigenvalue weighted by atomic mass is 10.2. The van der Waals surface area contributed by atoms with E-state index in [0.29, 0.717) is 54.9 Å². The molecule has 1 amide bonds. The van der Waals surface area contributed by atoms with Crippen molar-refractivity contribution in [3.05, 3.63) is 85.5 Å². The Kier molecular flexibility index (Phi) is 7.09. The number of hydrogen-bond acceptors (Lipinski definition) is 6. The second-order valence-electron chi connectivity index (χ2n) is 9.64. The standard InChI is InChI=1S/C27H30ClN7O3/c1-18-8-10-20(11-9-18)29-22(36)17-33-12-14-34(15-13-33)26-30-24-23(25(37)32(3)27(38)31(24)2)35(26)16-19-6-4-5-7-21(19)28/h4-11H,12-17H2,1-3H3,(H,29,36). The van der Waals surface area contributed by atoms with Gasteiger partial charge in [-0.2, -0.15) is 4.98 Å². The number of nitrogens with zero attached hydrogens (tertiary/aromatic N) is 6. The van der Waals surface area contributed by atoms with Crippen molar-refractivity contribution in [2.24, 2.45) is 14.1 Å². The molecule has 1 N–H and O–H groups in total. The average Bonchev–Trinajstić information content (AvgIpc) is 3.28. The fourth-order valence-electron chi connectivity index (χ4n) is 4.77. The quantitative estimate of drug-likeness (QED) is 0.406. The van der Waals surface area contributed by atoms with E-state index in [4.69, 9.17) is 16.6 Å². The number of nitrogens with one attached hydrogen (secondary N) is 1. The van der Waals surface area contributed by atoms with Gasteiger partial charge in [0.05, 0.1) is 13.1 Å². The van der Waals surface area contributed by atoms with Crippen LogP contribution in [0.1, 0.15) is 11.1 Å². The van der Waals surface area contributed by atoms with E-state index in [1.165, 1.54) is 11.6 Å². The average molecular weight is 536 g/mol. The minimum absolute atomic E-state index is 0.0632. The first kappa shape index (κ1) is 25.7. The highest BCUT2D eigenvalue weighted by Crippen LogP contribution is 2.25. The highest BCUT2D eigenvalue weighted by molar-refractivity contribution is 6.31. The van der Waals surface area contributed by atoms with Crippen LogP contribution in [0.3, 0.4) is 0 Å². The second-order valence-corrected chi connectivity index (χ2v) is 10.1. The molecule has 1 aliphatic heterocycles. The van der Waals surface area contributed by atoms with Crippen molar-refractivity contribution in [1.29, 1.82) is 0 Å². The first-order valence-electron chi connectivity index (χ1n) is 12.5. The summed E-state index contributed by atoms with van der Waals surface area (Å²) < 4.78 is 4.34. The topological polar surface area (TPSA) is 97.4 Å². The number of aromatic nitrogens is 4. The van der Waals surface area contributed by atoms with Crippen LogP contribution in [0.15, 0.2) is 58.1 Å². The molecule has 1 aliphatic rings. The largest absolute Gasteiger partial charge is 0.340 e. The molecule has 0 spiro atoms. The molecule has 0 unspecified atom stereocenters. The van der Waals surface area contributed by atoms with E-state index in [2.05, 4.69) is 15.1 Å². The Balaban J connectivity index is 1.39. The van der Waals surface area contributed by atoms with Crippen LogP contribution in [0.4, 0.5) is 11.6 Å². The molecule has 2 aromatic heterocycles. The summed E-state index contributed by atoms with van der Waals surface area (Å²) >= 11 is 6.46. The summed E-state index contributed by atoms with van der Waals surface area (Å²) in [4.78, 5) is 47.4. The molecule has 1 saturated heterocycles. The number of benzene rings is 2. The van der Waals surface area contributed by atoms with Crippen molar-refractivity contribution in [2.75, 3.05) is 42.9 Å². The lowest BCUT2D eigenvalue weighted by Crippen LogP contribution is -2.49. The van der Waals surface area contributed by atoms with Crippen molar-refractivity contribution in [3.8, 4) is 0 Å².